The van der Waals surface area contributed by atoms with E-state index in [1.54, 1.807) is 30.1 Å². The average molecular weight is 396 g/mol. The third-order valence-electron chi connectivity index (χ3n) is 4.12. The van der Waals surface area contributed by atoms with Gasteiger partial charge in [-0.05, 0) is 30.3 Å². The van der Waals surface area contributed by atoms with E-state index in [2.05, 4.69) is 15.6 Å². The second-order valence-electron chi connectivity index (χ2n) is 5.97. The van der Waals surface area contributed by atoms with Gasteiger partial charge in [0.2, 0.25) is 0 Å². The molecule has 0 saturated heterocycles. The summed E-state index contributed by atoms with van der Waals surface area (Å²) in [5, 5.41) is 4.88. The molecule has 6 nitrogen and oxygen atoms in total. The van der Waals surface area contributed by atoms with Crippen molar-refractivity contribution in [2.45, 2.75) is 12.7 Å². The van der Waals surface area contributed by atoms with Crippen molar-refractivity contribution in [3.63, 3.8) is 0 Å². The van der Waals surface area contributed by atoms with Gasteiger partial charge in [0.05, 0.1) is 36.6 Å². The number of urea groups is 1. The summed E-state index contributed by atoms with van der Waals surface area (Å²) in [5.41, 5.74) is 0.652. The van der Waals surface area contributed by atoms with Crippen molar-refractivity contribution in [3.05, 3.63) is 53.6 Å². The number of benzene rings is 2. The summed E-state index contributed by atoms with van der Waals surface area (Å²) in [6.07, 6.45) is -3.18. The van der Waals surface area contributed by atoms with Gasteiger partial charge in [-0.15, -0.1) is 0 Å². The van der Waals surface area contributed by atoms with Crippen molar-refractivity contribution in [3.8, 4) is 5.75 Å². The predicted octanol–water partition coefficient (Wildman–Crippen LogP) is 4.06. The van der Waals surface area contributed by atoms with Crippen LogP contribution < -0.4 is 15.4 Å². The van der Waals surface area contributed by atoms with Crippen molar-refractivity contribution in [2.24, 2.45) is 7.05 Å². The average Bonchev–Trinajstić information content (AvgIpc) is 3.00. The Labute approximate surface area is 157 Å². The zero-order valence-electron chi connectivity index (χ0n) is 14.9. The number of amides is 2. The number of hydrogen-bond acceptors (Lipinski definition) is 3. The quantitative estimate of drug-likeness (QED) is 0.654. The van der Waals surface area contributed by atoms with E-state index in [-0.39, 0.29) is 12.2 Å². The van der Waals surface area contributed by atoms with Crippen molar-refractivity contribution >= 4 is 22.8 Å². The topological polar surface area (TPSA) is 68.2 Å². The van der Waals surface area contributed by atoms with Crippen LogP contribution in [0.25, 0.3) is 11.0 Å². The molecule has 3 rings (SSSR count). The normalized spacial score (nSPS) is 11.5. The Balaban J connectivity index is 1.74. The minimum atomic E-state index is -4.80. The van der Waals surface area contributed by atoms with Crippen molar-refractivity contribution in [1.29, 1.82) is 0 Å². The number of nitrogens with zero attached hydrogens (tertiary/aromatic N) is 2. The van der Waals surface area contributed by atoms with E-state index in [1.165, 1.54) is 7.11 Å². The van der Waals surface area contributed by atoms with Gasteiger partial charge in [-0.2, -0.15) is 13.2 Å². The van der Waals surface area contributed by atoms with Crippen LogP contribution in [0.3, 0.4) is 0 Å². The van der Waals surface area contributed by atoms with Crippen LogP contribution in [-0.2, 0) is 19.8 Å². The monoisotopic (exact) mass is 396 g/mol. The molecule has 0 aliphatic rings. The van der Waals surface area contributed by atoms with Crippen LogP contribution in [0.5, 0.6) is 5.75 Å². The molecule has 1 heterocycles. The summed E-state index contributed by atoms with van der Waals surface area (Å²) in [7, 11) is 3.29. The Hall–Kier alpha value is -3.30. The fraction of sp³-hybridized carbons (Fsp3) is 0.222. The van der Waals surface area contributed by atoms with Crippen LogP contribution in [0.2, 0.25) is 0 Å². The molecular formula is C18H16F4N4O2. The van der Waals surface area contributed by atoms with Crippen molar-refractivity contribution in [2.75, 3.05) is 12.4 Å². The molecule has 0 saturated carbocycles. The number of halogens is 4. The molecule has 2 N–H and O–H groups in total. The second kappa shape index (κ2) is 7.37. The first-order valence-corrected chi connectivity index (χ1v) is 8.09. The molecule has 0 unspecified atom stereocenters. The lowest BCUT2D eigenvalue weighted by atomic mass is 10.1. The molecular weight excluding hydrogens is 380 g/mol. The van der Waals surface area contributed by atoms with Gasteiger partial charge < -0.3 is 19.9 Å². The van der Waals surface area contributed by atoms with Crippen LogP contribution >= 0.6 is 0 Å². The Morgan fingerprint density at radius 3 is 2.64 bits per heavy atom. The number of imidazole rings is 1. The van der Waals surface area contributed by atoms with Crippen LogP contribution in [-0.4, -0.2) is 22.7 Å². The van der Waals surface area contributed by atoms with Gasteiger partial charge in [0.15, 0.2) is 0 Å². The first kappa shape index (κ1) is 19.5. The lowest BCUT2D eigenvalue weighted by Crippen LogP contribution is -2.28. The Morgan fingerprint density at radius 2 is 2.00 bits per heavy atom. The third-order valence-corrected chi connectivity index (χ3v) is 4.12. The molecule has 0 bridgehead atoms. The fourth-order valence-corrected chi connectivity index (χ4v) is 2.84. The lowest BCUT2D eigenvalue weighted by molar-refractivity contribution is -0.139. The first-order chi connectivity index (χ1) is 13.2. The van der Waals surface area contributed by atoms with E-state index < -0.39 is 23.6 Å². The molecule has 3 aromatic rings. The van der Waals surface area contributed by atoms with Gasteiger partial charge in [-0.1, -0.05) is 0 Å². The minimum absolute atomic E-state index is 0.0645. The van der Waals surface area contributed by atoms with Crippen LogP contribution in [0.4, 0.5) is 28.0 Å². The number of rotatable bonds is 4. The number of aromatic nitrogens is 2. The van der Waals surface area contributed by atoms with Crippen LogP contribution in [0, 0.1) is 5.82 Å². The third kappa shape index (κ3) is 3.85. The van der Waals surface area contributed by atoms with Gasteiger partial charge >= 0.3 is 12.2 Å². The van der Waals surface area contributed by atoms with Crippen LogP contribution in [0.1, 0.15) is 11.1 Å². The molecule has 148 valence electrons. The standard InChI is InChI=1S/C18H16F4N4O2/c1-26-9-24-14-5-6-15(28-2)11(16(14)26)8-23-17(27)25-10-3-4-12(13(19)7-10)18(20,21)22/h3-7,9H,8H2,1-2H3,(H2,23,25,27). The number of carbonyl (C=O) groups excluding carboxylic acids is 1. The Morgan fingerprint density at radius 1 is 1.25 bits per heavy atom. The highest BCUT2D eigenvalue weighted by Gasteiger charge is 2.34. The maximum atomic E-state index is 13.6. The molecule has 0 fully saturated rings. The molecule has 0 radical (unpaired) electrons. The molecule has 0 spiro atoms. The summed E-state index contributed by atoms with van der Waals surface area (Å²) >= 11 is 0. The first-order valence-electron chi connectivity index (χ1n) is 8.09. The SMILES string of the molecule is COc1ccc2ncn(C)c2c1CNC(=O)Nc1ccc(C(F)(F)F)c(F)c1. The number of aryl methyl sites for hydroxylation is 1. The molecule has 0 aliphatic heterocycles. The van der Waals surface area contributed by atoms with Gasteiger partial charge in [0.1, 0.15) is 11.6 Å². The number of nitrogens with one attached hydrogen (secondary N) is 2. The van der Waals surface area contributed by atoms with E-state index in [1.807, 2.05) is 0 Å². The van der Waals surface area contributed by atoms with Crippen LogP contribution in [0.15, 0.2) is 36.7 Å². The number of anilines is 1. The number of hydrogen-bond donors (Lipinski definition) is 2. The fourth-order valence-electron chi connectivity index (χ4n) is 2.84. The highest BCUT2D eigenvalue weighted by atomic mass is 19.4. The Bertz CT molecular complexity index is 1030. The molecule has 10 heteroatoms. The maximum Gasteiger partial charge on any atom is 0.419 e. The van der Waals surface area contributed by atoms with E-state index in [4.69, 9.17) is 4.74 Å². The summed E-state index contributed by atoms with van der Waals surface area (Å²) in [5.74, 6) is -0.927. The summed E-state index contributed by atoms with van der Waals surface area (Å²) in [4.78, 5) is 16.3. The van der Waals surface area contributed by atoms with E-state index in [0.717, 1.165) is 11.6 Å². The van der Waals surface area contributed by atoms with E-state index in [9.17, 15) is 22.4 Å². The highest BCUT2D eigenvalue weighted by molar-refractivity contribution is 5.90. The molecule has 0 atom stereocenters. The summed E-state index contributed by atoms with van der Waals surface area (Å²) in [6, 6.07) is 4.96. The minimum Gasteiger partial charge on any atom is -0.496 e. The number of ether oxygens (including phenoxy) is 1. The zero-order chi connectivity index (χ0) is 20.5. The lowest BCUT2D eigenvalue weighted by Gasteiger charge is -2.13. The van der Waals surface area contributed by atoms with Gasteiger partial charge in [-0.25, -0.2) is 14.2 Å². The van der Waals surface area contributed by atoms with Crippen molar-refractivity contribution < 1.29 is 27.1 Å². The van der Waals surface area contributed by atoms with E-state index >= 15 is 0 Å². The smallest absolute Gasteiger partial charge is 0.419 e. The number of methoxy groups -OCH3 is 1. The number of alkyl halides is 3. The number of fused-ring (bicyclic) bond motifs is 1. The molecule has 0 aliphatic carbocycles. The maximum absolute atomic E-state index is 13.6. The molecule has 2 aromatic carbocycles. The van der Waals surface area contributed by atoms with Crippen molar-refractivity contribution in [1.82, 2.24) is 14.9 Å². The van der Waals surface area contributed by atoms with Gasteiger partial charge in [0.25, 0.3) is 0 Å². The molecule has 28 heavy (non-hydrogen) atoms. The Kier molecular flexibility index (Phi) is 5.12. The molecule has 2 amide bonds. The highest BCUT2D eigenvalue weighted by Crippen LogP contribution is 2.32. The zero-order valence-corrected chi connectivity index (χ0v) is 14.9. The summed E-state index contributed by atoms with van der Waals surface area (Å²) < 4.78 is 58.5. The largest absolute Gasteiger partial charge is 0.496 e. The second-order valence-corrected chi connectivity index (χ2v) is 5.97. The molecule has 1 aromatic heterocycles. The summed E-state index contributed by atoms with van der Waals surface area (Å²) in [6.45, 7) is 0.0645. The van der Waals surface area contributed by atoms with Gasteiger partial charge in [-0.3, -0.25) is 0 Å². The predicted molar refractivity (Wildman–Crippen MR) is 94.5 cm³/mol. The number of carbonyl (C=O) groups is 1. The van der Waals surface area contributed by atoms with Gasteiger partial charge in [0, 0.05) is 18.3 Å². The van der Waals surface area contributed by atoms with E-state index in [0.29, 0.717) is 29.0 Å².